The second-order valence-electron chi connectivity index (χ2n) is 7.22. The number of rotatable bonds is 8. The van der Waals surface area contributed by atoms with E-state index in [0.717, 1.165) is 0 Å². The molecule has 0 saturated carbocycles. The van der Waals surface area contributed by atoms with E-state index >= 15 is 0 Å². The Morgan fingerprint density at radius 2 is 1.16 bits per heavy atom. The van der Waals surface area contributed by atoms with Crippen LogP contribution in [0.4, 0.5) is 0 Å². The molecule has 3 rings (SSSR count). The second kappa shape index (κ2) is 9.26. The third-order valence-corrected chi connectivity index (χ3v) is 5.27. The van der Waals surface area contributed by atoms with Gasteiger partial charge in [0.2, 0.25) is 11.8 Å². The molecule has 1 unspecified atom stereocenters. The first-order chi connectivity index (χ1) is 14.9. The van der Waals surface area contributed by atoms with Crippen molar-refractivity contribution in [3.63, 3.8) is 0 Å². The van der Waals surface area contributed by atoms with Crippen LogP contribution >= 0.6 is 0 Å². The molecule has 0 aliphatic heterocycles. The lowest BCUT2D eigenvalue weighted by molar-refractivity contribution is -0.154. The first kappa shape index (κ1) is 21.8. The molecule has 6 heteroatoms. The first-order valence-corrected chi connectivity index (χ1v) is 9.86. The summed E-state index contributed by atoms with van der Waals surface area (Å²) in [5.41, 5.74) is 6.17. The Bertz CT molecular complexity index is 956. The van der Waals surface area contributed by atoms with Crippen LogP contribution in [0.2, 0.25) is 0 Å². The number of hydrogen-bond acceptors (Lipinski definition) is 3. The summed E-state index contributed by atoms with van der Waals surface area (Å²) in [4.78, 5) is 38.5. The minimum atomic E-state index is -1.46. The van der Waals surface area contributed by atoms with E-state index in [0.29, 0.717) is 16.7 Å². The normalized spacial score (nSPS) is 12.0. The van der Waals surface area contributed by atoms with Crippen LogP contribution in [0, 0.1) is 0 Å². The van der Waals surface area contributed by atoms with Gasteiger partial charge in [0.05, 0.1) is 6.42 Å². The number of carbonyl (C=O) groups is 3. The molecule has 3 aromatic rings. The maximum absolute atomic E-state index is 13.1. The van der Waals surface area contributed by atoms with Crippen LogP contribution in [-0.2, 0) is 19.9 Å². The maximum atomic E-state index is 13.1. The van der Waals surface area contributed by atoms with Crippen molar-refractivity contribution < 1.29 is 19.5 Å². The maximum Gasteiger partial charge on any atom is 0.327 e. The summed E-state index contributed by atoms with van der Waals surface area (Å²) in [6, 6.07) is 26.1. The van der Waals surface area contributed by atoms with Crippen LogP contribution in [0.5, 0.6) is 0 Å². The van der Waals surface area contributed by atoms with Gasteiger partial charge in [-0.15, -0.1) is 0 Å². The van der Waals surface area contributed by atoms with Crippen molar-refractivity contribution in [2.75, 3.05) is 0 Å². The van der Waals surface area contributed by atoms with Crippen molar-refractivity contribution in [1.82, 2.24) is 4.90 Å². The van der Waals surface area contributed by atoms with E-state index in [1.165, 1.54) is 11.8 Å². The van der Waals surface area contributed by atoms with Gasteiger partial charge in [-0.25, -0.2) is 4.79 Å². The Kier molecular flexibility index (Phi) is 6.50. The number of primary amides is 1. The number of nitrogens with zero attached hydrogens (tertiary/aromatic N) is 1. The zero-order valence-corrected chi connectivity index (χ0v) is 17.1. The molecule has 0 aromatic heterocycles. The molecule has 0 radical (unpaired) electrons. The molecule has 0 saturated heterocycles. The lowest BCUT2D eigenvalue weighted by atomic mass is 9.74. The van der Waals surface area contributed by atoms with Crippen molar-refractivity contribution in [3.05, 3.63) is 108 Å². The highest BCUT2D eigenvalue weighted by Gasteiger charge is 2.48. The van der Waals surface area contributed by atoms with Crippen molar-refractivity contribution >= 4 is 17.8 Å². The fraction of sp³-hybridized carbons (Fsp3) is 0.160. The Morgan fingerprint density at radius 3 is 1.42 bits per heavy atom. The lowest BCUT2D eigenvalue weighted by Crippen LogP contribution is -2.58. The SMILES string of the molecule is CC(=O)N(C(CC(N)=O)C(=O)O)C(c1ccccc1)(c1ccccc1)c1ccccc1. The largest absolute Gasteiger partial charge is 0.480 e. The topological polar surface area (TPSA) is 101 Å². The van der Waals surface area contributed by atoms with E-state index in [-0.39, 0.29) is 0 Å². The zero-order chi connectivity index (χ0) is 22.4. The molecule has 0 fully saturated rings. The van der Waals surface area contributed by atoms with E-state index in [2.05, 4.69) is 0 Å². The smallest absolute Gasteiger partial charge is 0.327 e. The van der Waals surface area contributed by atoms with Crippen LogP contribution in [0.3, 0.4) is 0 Å². The Balaban J connectivity index is 2.47. The molecular weight excluding hydrogens is 392 g/mol. The molecule has 0 heterocycles. The van der Waals surface area contributed by atoms with Crippen molar-refractivity contribution in [2.24, 2.45) is 5.73 Å². The van der Waals surface area contributed by atoms with Gasteiger partial charge >= 0.3 is 5.97 Å². The predicted molar refractivity (Wildman–Crippen MR) is 117 cm³/mol. The average Bonchev–Trinajstić information content (AvgIpc) is 2.77. The molecule has 0 bridgehead atoms. The van der Waals surface area contributed by atoms with Gasteiger partial charge in [0.1, 0.15) is 11.6 Å². The highest BCUT2D eigenvalue weighted by molar-refractivity contribution is 5.89. The van der Waals surface area contributed by atoms with Crippen molar-refractivity contribution in [3.8, 4) is 0 Å². The van der Waals surface area contributed by atoms with E-state index in [1.807, 2.05) is 91.0 Å². The quantitative estimate of drug-likeness (QED) is 0.551. The Morgan fingerprint density at radius 1 is 0.806 bits per heavy atom. The van der Waals surface area contributed by atoms with Crippen LogP contribution in [-0.4, -0.2) is 33.8 Å². The van der Waals surface area contributed by atoms with Gasteiger partial charge in [-0.2, -0.15) is 0 Å². The molecule has 31 heavy (non-hydrogen) atoms. The lowest BCUT2D eigenvalue weighted by Gasteiger charge is -2.47. The monoisotopic (exact) mass is 416 g/mol. The van der Waals surface area contributed by atoms with Gasteiger partial charge in [0, 0.05) is 6.92 Å². The average molecular weight is 416 g/mol. The van der Waals surface area contributed by atoms with E-state index in [1.54, 1.807) is 0 Å². The third kappa shape index (κ3) is 4.19. The standard InChI is InChI=1S/C25H24N2O4/c1-18(28)27(22(24(30)31)17-23(26)29)25(19-11-5-2-6-12-19,20-13-7-3-8-14-20)21-15-9-4-10-16-21/h2-16,22H,17H2,1H3,(H2,26,29)(H,30,31). The summed E-state index contributed by atoms with van der Waals surface area (Å²) in [6.07, 6.45) is -0.511. The minimum absolute atomic E-state index is 0.495. The zero-order valence-electron chi connectivity index (χ0n) is 17.1. The number of aliphatic carboxylic acids is 1. The fourth-order valence-electron chi connectivity index (χ4n) is 4.12. The van der Waals surface area contributed by atoms with Gasteiger partial charge < -0.3 is 15.7 Å². The molecule has 0 aliphatic rings. The first-order valence-electron chi connectivity index (χ1n) is 9.86. The van der Waals surface area contributed by atoms with Gasteiger partial charge in [0.25, 0.3) is 0 Å². The van der Waals surface area contributed by atoms with Gasteiger partial charge in [-0.1, -0.05) is 91.0 Å². The molecule has 0 spiro atoms. The number of carboxylic acids is 1. The van der Waals surface area contributed by atoms with E-state index in [4.69, 9.17) is 5.73 Å². The van der Waals surface area contributed by atoms with Crippen molar-refractivity contribution in [1.29, 1.82) is 0 Å². The van der Waals surface area contributed by atoms with Gasteiger partial charge in [-0.05, 0) is 16.7 Å². The number of carboxylic acid groups (broad SMARTS) is 1. The summed E-state index contributed by atoms with van der Waals surface area (Å²) < 4.78 is 0. The molecule has 1 atom stereocenters. The molecular formula is C25H24N2O4. The minimum Gasteiger partial charge on any atom is -0.480 e. The Labute approximate surface area is 180 Å². The predicted octanol–water partition coefficient (Wildman–Crippen LogP) is 3.16. The number of nitrogens with two attached hydrogens (primary N) is 1. The summed E-state index contributed by atoms with van der Waals surface area (Å²) >= 11 is 0. The highest BCUT2D eigenvalue weighted by Crippen LogP contribution is 2.44. The highest BCUT2D eigenvalue weighted by atomic mass is 16.4. The summed E-state index contributed by atoms with van der Waals surface area (Å²) in [6.45, 7) is 1.31. The van der Waals surface area contributed by atoms with Crippen LogP contribution in [0.15, 0.2) is 91.0 Å². The van der Waals surface area contributed by atoms with E-state index in [9.17, 15) is 19.5 Å². The molecule has 3 aromatic carbocycles. The van der Waals surface area contributed by atoms with Gasteiger partial charge in [0.15, 0.2) is 0 Å². The molecule has 0 aliphatic carbocycles. The molecule has 158 valence electrons. The fourth-order valence-corrected chi connectivity index (χ4v) is 4.12. The number of benzene rings is 3. The van der Waals surface area contributed by atoms with Crippen LogP contribution < -0.4 is 5.73 Å². The third-order valence-electron chi connectivity index (χ3n) is 5.27. The van der Waals surface area contributed by atoms with Crippen molar-refractivity contribution in [2.45, 2.75) is 24.9 Å². The summed E-state index contributed by atoms with van der Waals surface area (Å²) in [7, 11) is 0. The van der Waals surface area contributed by atoms with Crippen LogP contribution in [0.1, 0.15) is 30.0 Å². The van der Waals surface area contributed by atoms with Gasteiger partial charge in [-0.3, -0.25) is 9.59 Å². The second-order valence-corrected chi connectivity index (χ2v) is 7.22. The summed E-state index contributed by atoms with van der Waals surface area (Å²) in [5.74, 6) is -2.60. The molecule has 3 N–H and O–H groups in total. The van der Waals surface area contributed by atoms with Crippen LogP contribution in [0.25, 0.3) is 0 Å². The molecule has 6 nitrogen and oxygen atoms in total. The summed E-state index contributed by atoms with van der Waals surface area (Å²) in [5, 5.41) is 10.0. The number of hydrogen-bond donors (Lipinski definition) is 2. The Hall–Kier alpha value is -3.93. The molecule has 2 amide bonds. The number of amides is 2. The van der Waals surface area contributed by atoms with E-state index < -0.39 is 35.8 Å². The number of carbonyl (C=O) groups excluding carboxylic acids is 2.